The number of fused-ring (bicyclic) bond motifs is 1. The second-order valence-corrected chi connectivity index (χ2v) is 18.8. The summed E-state index contributed by atoms with van der Waals surface area (Å²) in [6.07, 6.45) is 5.35. The quantitative estimate of drug-likeness (QED) is 0.263. The first kappa shape index (κ1) is 37.9. The van der Waals surface area contributed by atoms with Crippen molar-refractivity contribution in [1.82, 2.24) is 25.8 Å². The molecular formula is C35H53N5O6S2. The molecule has 1 saturated carbocycles. The van der Waals surface area contributed by atoms with Gasteiger partial charge in [-0.25, -0.2) is 13.4 Å². The highest BCUT2D eigenvalue weighted by atomic mass is 32.2. The zero-order valence-corrected chi connectivity index (χ0v) is 30.9. The van der Waals surface area contributed by atoms with E-state index in [0.29, 0.717) is 29.8 Å². The Bertz CT molecular complexity index is 1540. The van der Waals surface area contributed by atoms with Gasteiger partial charge < -0.3 is 21.1 Å². The van der Waals surface area contributed by atoms with E-state index in [1.807, 2.05) is 51.1 Å². The van der Waals surface area contributed by atoms with E-state index in [1.54, 1.807) is 12.3 Å². The van der Waals surface area contributed by atoms with Crippen LogP contribution in [0.3, 0.4) is 0 Å². The highest BCUT2D eigenvalue weighted by Crippen LogP contribution is 2.39. The van der Waals surface area contributed by atoms with E-state index < -0.39 is 56.2 Å². The van der Waals surface area contributed by atoms with Crippen LogP contribution in [0.1, 0.15) is 87.8 Å². The monoisotopic (exact) mass is 703 g/mol. The molecule has 1 saturated heterocycles. The molecule has 2 heterocycles. The number of hydrogen-bond acceptors (Lipinski definition) is 9. The average molecular weight is 704 g/mol. The van der Waals surface area contributed by atoms with Crippen LogP contribution in [0.4, 0.5) is 0 Å². The molecule has 2 aromatic rings. The van der Waals surface area contributed by atoms with Crippen LogP contribution in [-0.2, 0) is 25.8 Å². The van der Waals surface area contributed by atoms with Gasteiger partial charge in [0.05, 0.1) is 27.9 Å². The molecule has 4 rings (SSSR count). The predicted octanol–water partition coefficient (Wildman–Crippen LogP) is 3.26. The molecule has 6 atom stereocenters. The largest absolute Gasteiger partial charge is 0.390 e. The Kier molecular flexibility index (Phi) is 12.1. The van der Waals surface area contributed by atoms with Crippen LogP contribution < -0.4 is 16.0 Å². The molecular weight excluding hydrogens is 651 g/mol. The number of aryl methyl sites for hydroxylation is 1. The number of piperidine rings is 1. The van der Waals surface area contributed by atoms with E-state index in [1.165, 1.54) is 25.2 Å². The summed E-state index contributed by atoms with van der Waals surface area (Å²) >= 11 is 1.27. The number of hydrogen-bond donors (Lipinski definition) is 4. The molecule has 1 aromatic carbocycles. The molecule has 13 heteroatoms. The van der Waals surface area contributed by atoms with Crippen LogP contribution in [-0.4, -0.2) is 95.0 Å². The van der Waals surface area contributed by atoms with E-state index in [0.717, 1.165) is 37.5 Å². The van der Waals surface area contributed by atoms with Gasteiger partial charge in [-0.2, -0.15) is 0 Å². The molecule has 0 radical (unpaired) electrons. The summed E-state index contributed by atoms with van der Waals surface area (Å²) in [5, 5.41) is 22.8. The average Bonchev–Trinajstić information content (AvgIpc) is 3.44. The van der Waals surface area contributed by atoms with Gasteiger partial charge in [0.25, 0.3) is 5.91 Å². The minimum Gasteiger partial charge on any atom is -0.390 e. The second kappa shape index (κ2) is 15.3. The van der Waals surface area contributed by atoms with E-state index >= 15 is 0 Å². The maximum atomic E-state index is 14.1. The fourth-order valence-electron chi connectivity index (χ4n) is 6.85. The Labute approximate surface area is 289 Å². The van der Waals surface area contributed by atoms with Gasteiger partial charge in [0.15, 0.2) is 9.84 Å². The van der Waals surface area contributed by atoms with E-state index in [-0.39, 0.29) is 24.6 Å². The number of carbonyl (C=O) groups is 3. The topological polar surface area (TPSA) is 158 Å². The third-order valence-corrected chi connectivity index (χ3v) is 12.8. The maximum absolute atomic E-state index is 14.1. The first-order chi connectivity index (χ1) is 22.4. The van der Waals surface area contributed by atoms with Crippen molar-refractivity contribution < 1.29 is 27.9 Å². The molecule has 3 amide bonds. The van der Waals surface area contributed by atoms with Crippen LogP contribution in [0.25, 0.3) is 0 Å². The summed E-state index contributed by atoms with van der Waals surface area (Å²) in [6.45, 7) is 11.2. The highest BCUT2D eigenvalue weighted by molar-refractivity contribution is 7.92. The summed E-state index contributed by atoms with van der Waals surface area (Å²) in [5.74, 6) is -0.599. The van der Waals surface area contributed by atoms with Gasteiger partial charge in [-0.05, 0) is 78.2 Å². The number of nitrogens with one attached hydrogen (secondary N) is 3. The van der Waals surface area contributed by atoms with Crippen LogP contribution in [0.15, 0.2) is 35.7 Å². The predicted molar refractivity (Wildman–Crippen MR) is 188 cm³/mol. The van der Waals surface area contributed by atoms with Crippen molar-refractivity contribution in [2.45, 2.75) is 115 Å². The highest BCUT2D eigenvalue weighted by Gasteiger charge is 2.46. The zero-order chi connectivity index (χ0) is 35.4. The van der Waals surface area contributed by atoms with E-state index in [9.17, 15) is 27.9 Å². The Morgan fingerprint density at radius 3 is 2.27 bits per heavy atom. The number of sulfone groups is 1. The third kappa shape index (κ3) is 9.64. The fraction of sp³-hybridized carbons (Fsp3) is 0.657. The molecule has 2 aliphatic rings. The SMILES string of the molecule is Cc1nc(C(=O)N[C@H](C(=O)N[C@@H](Cc2ccccc2)[C@H](O)CN2C[C@H]3CCCC[C@H]3C[C@H]2C(=O)NC(C)(C)C)C(C)(C)S(C)(=O)=O)cs1. The lowest BCUT2D eigenvalue weighted by molar-refractivity contribution is -0.133. The van der Waals surface area contributed by atoms with E-state index in [4.69, 9.17) is 0 Å². The molecule has 0 bridgehead atoms. The van der Waals surface area contributed by atoms with Crippen molar-refractivity contribution in [1.29, 1.82) is 0 Å². The number of β-amino-alcohol motifs (C(OH)–C–C–N with tert-alkyl or cyclic N) is 1. The Balaban J connectivity index is 1.62. The number of aromatic nitrogens is 1. The number of rotatable bonds is 12. The molecule has 1 aliphatic carbocycles. The summed E-state index contributed by atoms with van der Waals surface area (Å²) in [4.78, 5) is 47.2. The lowest BCUT2D eigenvalue weighted by Crippen LogP contribution is -2.64. The van der Waals surface area contributed by atoms with Gasteiger partial charge in [-0.15, -0.1) is 11.3 Å². The number of amides is 3. The molecule has 1 aliphatic heterocycles. The van der Waals surface area contributed by atoms with Crippen LogP contribution in [0.5, 0.6) is 0 Å². The normalized spacial score (nSPS) is 22.5. The van der Waals surface area contributed by atoms with Crippen molar-refractivity contribution in [3.05, 3.63) is 52.0 Å². The van der Waals surface area contributed by atoms with Gasteiger partial charge >= 0.3 is 0 Å². The minimum absolute atomic E-state index is 0.0719. The smallest absolute Gasteiger partial charge is 0.271 e. The van der Waals surface area contributed by atoms with E-state index in [2.05, 4.69) is 25.8 Å². The van der Waals surface area contributed by atoms with Gasteiger partial charge in [0.2, 0.25) is 11.8 Å². The molecule has 266 valence electrons. The van der Waals surface area contributed by atoms with Crippen LogP contribution in [0, 0.1) is 18.8 Å². The molecule has 1 aromatic heterocycles. The first-order valence-corrected chi connectivity index (χ1v) is 19.6. The van der Waals surface area contributed by atoms with Crippen molar-refractivity contribution in [2.24, 2.45) is 11.8 Å². The number of aliphatic hydroxyl groups is 1. The standard InChI is InChI=1S/C35H53N5O6S2/c1-22-36-27(21-47-22)31(42)38-30(35(5,6)48(7,45)46)33(44)37-26(17-23-13-9-8-10-14-23)29(41)20-40-19-25-16-12-11-15-24(25)18-28(40)32(43)39-34(2,3)4/h8-10,13-14,21,24-26,28-30,41H,11-12,15-20H2,1-7H3,(H,37,44)(H,38,42)(H,39,43)/t24-,25+,26-,28-,29+,30+/m0/s1. The van der Waals surface area contributed by atoms with Crippen molar-refractivity contribution >= 4 is 38.9 Å². The first-order valence-electron chi connectivity index (χ1n) is 16.9. The van der Waals surface area contributed by atoms with Crippen molar-refractivity contribution in [3.63, 3.8) is 0 Å². The number of carbonyl (C=O) groups excluding carboxylic acids is 3. The molecule has 0 spiro atoms. The fourth-order valence-corrected chi connectivity index (χ4v) is 8.04. The number of benzene rings is 1. The minimum atomic E-state index is -3.86. The molecule has 0 unspecified atom stereocenters. The second-order valence-electron chi connectivity index (χ2n) is 15.2. The number of likely N-dealkylation sites (tertiary alicyclic amines) is 1. The van der Waals surface area contributed by atoms with Gasteiger partial charge in [-0.3, -0.25) is 19.3 Å². The van der Waals surface area contributed by atoms with Crippen LogP contribution in [0.2, 0.25) is 0 Å². The molecule has 48 heavy (non-hydrogen) atoms. The van der Waals surface area contributed by atoms with Crippen molar-refractivity contribution in [3.8, 4) is 0 Å². The lowest BCUT2D eigenvalue weighted by Gasteiger charge is -2.47. The van der Waals surface area contributed by atoms with Gasteiger partial charge in [-0.1, -0.05) is 49.6 Å². The zero-order valence-electron chi connectivity index (χ0n) is 29.3. The Hall–Kier alpha value is -2.87. The summed E-state index contributed by atoms with van der Waals surface area (Å²) < 4.78 is 24.2. The Morgan fingerprint density at radius 2 is 1.69 bits per heavy atom. The molecule has 4 N–H and O–H groups in total. The van der Waals surface area contributed by atoms with Crippen molar-refractivity contribution in [2.75, 3.05) is 19.3 Å². The number of aliphatic hydroxyl groups excluding tert-OH is 1. The third-order valence-electron chi connectivity index (χ3n) is 9.86. The van der Waals surface area contributed by atoms with Crippen LogP contribution >= 0.6 is 11.3 Å². The number of thiazole rings is 1. The summed E-state index contributed by atoms with van der Waals surface area (Å²) in [6, 6.07) is 6.62. The molecule has 2 fully saturated rings. The summed E-state index contributed by atoms with van der Waals surface area (Å²) in [5.41, 5.74) is 0.527. The number of nitrogens with zero attached hydrogens (tertiary/aromatic N) is 2. The lowest BCUT2D eigenvalue weighted by atomic mass is 9.72. The molecule has 11 nitrogen and oxygen atoms in total. The Morgan fingerprint density at radius 1 is 1.04 bits per heavy atom. The maximum Gasteiger partial charge on any atom is 0.271 e. The van der Waals surface area contributed by atoms with Gasteiger partial charge in [0.1, 0.15) is 11.7 Å². The van der Waals surface area contributed by atoms with Gasteiger partial charge in [0, 0.05) is 30.3 Å². The summed E-state index contributed by atoms with van der Waals surface area (Å²) in [7, 11) is -3.86.